The SMILES string of the molecule is CC1CCC(C)N(c2nncc(N)ncc(C#N)[nH]2)C1. The summed E-state index contributed by atoms with van der Waals surface area (Å²) < 4.78 is 0. The number of aromatic nitrogens is 4. The van der Waals surface area contributed by atoms with E-state index in [4.69, 9.17) is 11.0 Å². The summed E-state index contributed by atoms with van der Waals surface area (Å²) in [5.74, 6) is 1.37. The highest BCUT2D eigenvalue weighted by Gasteiger charge is 2.24. The van der Waals surface area contributed by atoms with Crippen LogP contribution in [0.4, 0.5) is 11.8 Å². The van der Waals surface area contributed by atoms with Gasteiger partial charge in [-0.1, -0.05) is 6.92 Å². The Morgan fingerprint density at radius 3 is 2.95 bits per heavy atom. The van der Waals surface area contributed by atoms with E-state index < -0.39 is 0 Å². The fourth-order valence-corrected chi connectivity index (χ4v) is 2.26. The molecule has 0 spiro atoms. The maximum absolute atomic E-state index is 9.11. The van der Waals surface area contributed by atoms with Crippen molar-refractivity contribution in [3.05, 3.63) is 18.1 Å². The number of nitrogens with zero attached hydrogens (tertiary/aromatic N) is 5. The number of nitrogen functional groups attached to an aromatic ring is 1. The van der Waals surface area contributed by atoms with E-state index >= 15 is 0 Å². The zero-order chi connectivity index (χ0) is 14.5. The Kier molecular flexibility index (Phi) is 4.35. The Labute approximate surface area is 118 Å². The van der Waals surface area contributed by atoms with E-state index in [0.29, 0.717) is 23.6 Å². The molecule has 7 heteroatoms. The summed E-state index contributed by atoms with van der Waals surface area (Å²) >= 11 is 0. The number of hydrogen-bond acceptors (Lipinski definition) is 6. The van der Waals surface area contributed by atoms with Crippen LogP contribution >= 0.6 is 0 Å². The first-order valence-electron chi connectivity index (χ1n) is 6.68. The fraction of sp³-hybridized carbons (Fsp3) is 0.538. The van der Waals surface area contributed by atoms with Gasteiger partial charge in [-0.05, 0) is 25.7 Å². The summed E-state index contributed by atoms with van der Waals surface area (Å²) in [4.78, 5) is 9.04. The number of rotatable bonds is 1. The molecule has 1 aromatic heterocycles. The summed E-state index contributed by atoms with van der Waals surface area (Å²) in [6, 6.07) is 2.39. The van der Waals surface area contributed by atoms with Crippen molar-refractivity contribution in [2.24, 2.45) is 5.92 Å². The molecule has 0 bridgehead atoms. The van der Waals surface area contributed by atoms with Gasteiger partial charge in [0.05, 0.1) is 12.4 Å². The van der Waals surface area contributed by atoms with Crippen molar-refractivity contribution in [2.45, 2.75) is 32.7 Å². The average Bonchev–Trinajstić information content (AvgIpc) is 2.52. The number of nitrogens with two attached hydrogens (primary N) is 1. The highest BCUT2D eigenvalue weighted by molar-refractivity contribution is 5.33. The predicted molar refractivity (Wildman–Crippen MR) is 76.1 cm³/mol. The number of hydrogen-bond donors (Lipinski definition) is 2. The average molecular weight is 273 g/mol. The standard InChI is InChI=1S/C13H19N7/c1-9-3-4-10(2)20(8-9)13-18-11(5-14)6-16-12(15)7-17-19-13/h6-7,9-10H,3-4,8H2,1-2H3,(H2,15,16)(H,18,19). The normalized spacial score (nSPS) is 21.9. The Hall–Kier alpha value is -2.36. The second kappa shape index (κ2) is 6.19. The quantitative estimate of drug-likeness (QED) is 0.800. The number of H-pyrrole nitrogens is 1. The van der Waals surface area contributed by atoms with Crippen LogP contribution in [-0.4, -0.2) is 32.8 Å². The summed E-state index contributed by atoms with van der Waals surface area (Å²) in [7, 11) is 0. The van der Waals surface area contributed by atoms with Gasteiger partial charge in [0.1, 0.15) is 17.6 Å². The Morgan fingerprint density at radius 1 is 1.40 bits per heavy atom. The molecule has 1 aliphatic rings. The molecule has 2 unspecified atom stereocenters. The molecule has 0 amide bonds. The minimum atomic E-state index is 0.213. The second-order valence-electron chi connectivity index (χ2n) is 5.19. The molecule has 20 heavy (non-hydrogen) atoms. The molecule has 2 atom stereocenters. The van der Waals surface area contributed by atoms with E-state index in [1.165, 1.54) is 18.8 Å². The van der Waals surface area contributed by atoms with Crippen molar-refractivity contribution < 1.29 is 0 Å². The molecular weight excluding hydrogens is 254 g/mol. The van der Waals surface area contributed by atoms with Gasteiger partial charge in [0.15, 0.2) is 0 Å². The first-order chi connectivity index (χ1) is 9.60. The summed E-state index contributed by atoms with van der Waals surface area (Å²) in [5, 5.41) is 17.2. The third kappa shape index (κ3) is 3.35. The van der Waals surface area contributed by atoms with Crippen molar-refractivity contribution in [1.82, 2.24) is 20.2 Å². The molecule has 1 fully saturated rings. The first kappa shape index (κ1) is 14.1. The molecule has 0 aromatic carbocycles. The largest absolute Gasteiger partial charge is 0.382 e. The lowest BCUT2D eigenvalue weighted by molar-refractivity contribution is 0.385. The van der Waals surface area contributed by atoms with Crippen molar-refractivity contribution in [2.75, 3.05) is 17.2 Å². The summed E-state index contributed by atoms with van der Waals surface area (Å²) in [6.45, 7) is 5.24. The molecule has 1 saturated heterocycles. The van der Waals surface area contributed by atoms with E-state index in [1.54, 1.807) is 0 Å². The van der Waals surface area contributed by atoms with Gasteiger partial charge in [-0.25, -0.2) is 4.98 Å². The molecule has 0 radical (unpaired) electrons. The molecule has 1 aliphatic heterocycles. The van der Waals surface area contributed by atoms with Crippen LogP contribution in [-0.2, 0) is 0 Å². The van der Waals surface area contributed by atoms with Crippen LogP contribution in [0.1, 0.15) is 32.4 Å². The smallest absolute Gasteiger partial charge is 0.224 e. The van der Waals surface area contributed by atoms with E-state index in [1.807, 2.05) is 6.07 Å². The maximum atomic E-state index is 9.11. The number of nitriles is 1. The molecule has 3 N–H and O–H groups in total. The third-order valence-corrected chi connectivity index (χ3v) is 3.44. The van der Waals surface area contributed by atoms with E-state index in [2.05, 4.69) is 38.9 Å². The Bertz CT molecular complexity index is 558. The molecular formula is C13H19N7. The van der Waals surface area contributed by atoms with Crippen LogP contribution in [0.25, 0.3) is 0 Å². The minimum Gasteiger partial charge on any atom is -0.382 e. The van der Waals surface area contributed by atoms with Crippen LogP contribution in [0, 0.1) is 17.2 Å². The molecule has 7 nitrogen and oxygen atoms in total. The predicted octanol–water partition coefficient (Wildman–Crippen LogP) is 1.40. The third-order valence-electron chi connectivity index (χ3n) is 3.44. The second-order valence-corrected chi connectivity index (χ2v) is 5.19. The molecule has 0 saturated carbocycles. The van der Waals surface area contributed by atoms with Crippen molar-refractivity contribution in [3.63, 3.8) is 0 Å². The Morgan fingerprint density at radius 2 is 2.20 bits per heavy atom. The van der Waals surface area contributed by atoms with Crippen LogP contribution in [0.15, 0.2) is 12.4 Å². The number of nitrogens with one attached hydrogen (secondary N) is 1. The molecule has 106 valence electrons. The topological polar surface area (TPSA) is 108 Å². The van der Waals surface area contributed by atoms with E-state index in [0.717, 1.165) is 13.0 Å². The molecule has 0 aliphatic carbocycles. The van der Waals surface area contributed by atoms with Gasteiger partial charge in [-0.2, -0.15) is 10.4 Å². The van der Waals surface area contributed by atoms with Crippen LogP contribution in [0.2, 0.25) is 0 Å². The van der Waals surface area contributed by atoms with E-state index in [9.17, 15) is 0 Å². The highest BCUT2D eigenvalue weighted by atomic mass is 15.3. The van der Waals surface area contributed by atoms with Gasteiger partial charge >= 0.3 is 0 Å². The van der Waals surface area contributed by atoms with Crippen molar-refractivity contribution in [1.29, 1.82) is 5.26 Å². The zero-order valence-electron chi connectivity index (χ0n) is 11.7. The van der Waals surface area contributed by atoms with Gasteiger partial charge in [-0.15, -0.1) is 5.10 Å². The highest BCUT2D eigenvalue weighted by Crippen LogP contribution is 2.24. The molecule has 2 heterocycles. The molecule has 1 aromatic rings. The number of anilines is 2. The van der Waals surface area contributed by atoms with Crippen molar-refractivity contribution in [3.8, 4) is 6.07 Å². The van der Waals surface area contributed by atoms with Gasteiger partial charge in [0.2, 0.25) is 5.95 Å². The summed E-state index contributed by atoms with van der Waals surface area (Å²) in [5.41, 5.74) is 5.89. The van der Waals surface area contributed by atoms with Crippen LogP contribution < -0.4 is 10.6 Å². The minimum absolute atomic E-state index is 0.213. The fourth-order valence-electron chi connectivity index (χ4n) is 2.26. The lowest BCUT2D eigenvalue weighted by Gasteiger charge is -2.36. The van der Waals surface area contributed by atoms with Gasteiger partial charge in [0.25, 0.3) is 0 Å². The Balaban J connectivity index is 2.47. The summed E-state index contributed by atoms with van der Waals surface area (Å²) in [6.07, 6.45) is 5.05. The molecule has 2 rings (SSSR count). The number of aromatic amines is 1. The lowest BCUT2D eigenvalue weighted by Crippen LogP contribution is -2.42. The van der Waals surface area contributed by atoms with Gasteiger partial charge in [0, 0.05) is 12.6 Å². The maximum Gasteiger partial charge on any atom is 0.224 e. The van der Waals surface area contributed by atoms with Crippen LogP contribution in [0.3, 0.4) is 0 Å². The monoisotopic (exact) mass is 273 g/mol. The van der Waals surface area contributed by atoms with Gasteiger partial charge < -0.3 is 15.6 Å². The van der Waals surface area contributed by atoms with E-state index in [-0.39, 0.29) is 5.82 Å². The zero-order valence-corrected chi connectivity index (χ0v) is 11.7. The number of piperidine rings is 1. The lowest BCUT2D eigenvalue weighted by atomic mass is 9.95. The van der Waals surface area contributed by atoms with Gasteiger partial charge in [-0.3, -0.25) is 0 Å². The van der Waals surface area contributed by atoms with Crippen LogP contribution in [0.5, 0.6) is 0 Å². The van der Waals surface area contributed by atoms with Crippen molar-refractivity contribution >= 4 is 11.8 Å². The first-order valence-corrected chi connectivity index (χ1v) is 6.68.